The van der Waals surface area contributed by atoms with E-state index in [9.17, 15) is 9.18 Å². The van der Waals surface area contributed by atoms with E-state index in [4.69, 9.17) is 16.3 Å². The highest BCUT2D eigenvalue weighted by atomic mass is 35.5. The first kappa shape index (κ1) is 12.2. The third-order valence-corrected chi connectivity index (χ3v) is 2.98. The minimum absolute atomic E-state index is 0.166. The fraction of sp³-hybridized carbons (Fsp3) is 0.417. The third-order valence-electron chi connectivity index (χ3n) is 2.68. The molecule has 92 valence electrons. The normalized spacial score (nSPS) is 15.4. The highest BCUT2D eigenvalue weighted by Crippen LogP contribution is 2.24. The minimum atomic E-state index is -0.392. The van der Waals surface area contributed by atoms with E-state index in [2.05, 4.69) is 0 Å². The zero-order chi connectivity index (χ0) is 12.3. The van der Waals surface area contributed by atoms with Gasteiger partial charge in [0.1, 0.15) is 18.2 Å². The lowest BCUT2D eigenvalue weighted by atomic mass is 10.3. The van der Waals surface area contributed by atoms with Crippen LogP contribution in [0.25, 0.3) is 0 Å². The number of ether oxygens (including phenoxy) is 1. The van der Waals surface area contributed by atoms with Crippen molar-refractivity contribution in [1.29, 1.82) is 0 Å². The van der Waals surface area contributed by atoms with Gasteiger partial charge in [-0.2, -0.15) is 0 Å². The monoisotopic (exact) mass is 257 g/mol. The van der Waals surface area contributed by atoms with E-state index in [0.29, 0.717) is 25.3 Å². The Morgan fingerprint density at radius 2 is 2.29 bits per heavy atom. The molecular formula is C12H13ClFNO2. The lowest BCUT2D eigenvalue weighted by Gasteiger charge is -2.16. The van der Waals surface area contributed by atoms with Gasteiger partial charge in [0.05, 0.1) is 11.6 Å². The Labute approximate surface area is 104 Å². The molecule has 0 aliphatic carbocycles. The molecule has 1 heterocycles. The Hall–Kier alpha value is -1.29. The number of amides is 1. The van der Waals surface area contributed by atoms with Crippen molar-refractivity contribution >= 4 is 17.5 Å². The average molecular weight is 258 g/mol. The molecule has 0 atom stereocenters. The van der Waals surface area contributed by atoms with Crippen LogP contribution in [0.15, 0.2) is 18.2 Å². The molecule has 0 bridgehead atoms. The van der Waals surface area contributed by atoms with Gasteiger partial charge in [-0.15, -0.1) is 0 Å². The van der Waals surface area contributed by atoms with Crippen LogP contribution in [0.2, 0.25) is 5.02 Å². The van der Waals surface area contributed by atoms with Gasteiger partial charge in [-0.3, -0.25) is 4.79 Å². The molecule has 0 spiro atoms. The second-order valence-electron chi connectivity index (χ2n) is 3.91. The molecule has 0 saturated carbocycles. The smallest absolute Gasteiger partial charge is 0.222 e. The van der Waals surface area contributed by atoms with Gasteiger partial charge in [-0.25, -0.2) is 4.39 Å². The lowest BCUT2D eigenvalue weighted by Crippen LogP contribution is -2.29. The van der Waals surface area contributed by atoms with Crippen LogP contribution in [-0.2, 0) is 4.79 Å². The summed E-state index contributed by atoms with van der Waals surface area (Å²) in [7, 11) is 0. The van der Waals surface area contributed by atoms with Gasteiger partial charge in [0, 0.05) is 13.0 Å². The Morgan fingerprint density at radius 1 is 1.47 bits per heavy atom. The number of likely N-dealkylation sites (tertiary alicyclic amines) is 1. The minimum Gasteiger partial charge on any atom is -0.490 e. The predicted molar refractivity (Wildman–Crippen MR) is 62.7 cm³/mol. The Morgan fingerprint density at radius 3 is 2.94 bits per heavy atom. The maximum Gasteiger partial charge on any atom is 0.222 e. The molecule has 2 rings (SSSR count). The molecule has 1 aromatic rings. The summed E-state index contributed by atoms with van der Waals surface area (Å²) in [5.41, 5.74) is 0. The standard InChI is InChI=1S/C12H13ClFNO2/c13-10-8-9(14)3-4-11(10)17-7-6-15-5-1-2-12(15)16/h3-4,8H,1-2,5-7H2. The molecule has 0 radical (unpaired) electrons. The summed E-state index contributed by atoms with van der Waals surface area (Å²) in [6.07, 6.45) is 1.54. The van der Waals surface area contributed by atoms with Gasteiger partial charge in [0.25, 0.3) is 0 Å². The van der Waals surface area contributed by atoms with Crippen LogP contribution in [0, 0.1) is 5.82 Å². The van der Waals surface area contributed by atoms with Crippen molar-refractivity contribution in [3.63, 3.8) is 0 Å². The number of rotatable bonds is 4. The van der Waals surface area contributed by atoms with Gasteiger partial charge in [-0.1, -0.05) is 11.6 Å². The second kappa shape index (κ2) is 5.36. The van der Waals surface area contributed by atoms with E-state index in [1.54, 1.807) is 4.90 Å². The van der Waals surface area contributed by atoms with Crippen LogP contribution >= 0.6 is 11.6 Å². The summed E-state index contributed by atoms with van der Waals surface area (Å²) in [4.78, 5) is 13.1. The first-order chi connectivity index (χ1) is 8.16. The zero-order valence-corrected chi connectivity index (χ0v) is 10.0. The average Bonchev–Trinajstić information content (AvgIpc) is 2.68. The van der Waals surface area contributed by atoms with Crippen molar-refractivity contribution in [2.75, 3.05) is 19.7 Å². The van der Waals surface area contributed by atoms with Gasteiger partial charge >= 0.3 is 0 Å². The molecule has 0 aromatic heterocycles. The Kier molecular flexibility index (Phi) is 3.84. The van der Waals surface area contributed by atoms with Crippen molar-refractivity contribution < 1.29 is 13.9 Å². The van der Waals surface area contributed by atoms with Crippen molar-refractivity contribution in [1.82, 2.24) is 4.90 Å². The van der Waals surface area contributed by atoms with Crippen molar-refractivity contribution in [3.05, 3.63) is 29.0 Å². The Balaban J connectivity index is 1.83. The number of nitrogens with zero attached hydrogens (tertiary/aromatic N) is 1. The van der Waals surface area contributed by atoms with Crippen LogP contribution in [0.3, 0.4) is 0 Å². The van der Waals surface area contributed by atoms with E-state index < -0.39 is 5.82 Å². The number of benzene rings is 1. The van der Waals surface area contributed by atoms with Gasteiger partial charge in [0.2, 0.25) is 5.91 Å². The quantitative estimate of drug-likeness (QED) is 0.829. The maximum absolute atomic E-state index is 12.8. The summed E-state index contributed by atoms with van der Waals surface area (Å²) in [5.74, 6) is 0.218. The predicted octanol–water partition coefficient (Wildman–Crippen LogP) is 2.48. The van der Waals surface area contributed by atoms with Crippen LogP contribution in [0.5, 0.6) is 5.75 Å². The number of hydrogen-bond acceptors (Lipinski definition) is 2. The number of hydrogen-bond donors (Lipinski definition) is 0. The largest absolute Gasteiger partial charge is 0.490 e. The second-order valence-corrected chi connectivity index (χ2v) is 4.31. The van der Waals surface area contributed by atoms with Crippen LogP contribution in [-0.4, -0.2) is 30.5 Å². The Bertz CT molecular complexity index is 425. The van der Waals surface area contributed by atoms with Gasteiger partial charge < -0.3 is 9.64 Å². The van der Waals surface area contributed by atoms with Crippen LogP contribution < -0.4 is 4.74 Å². The van der Waals surface area contributed by atoms with E-state index in [-0.39, 0.29) is 10.9 Å². The summed E-state index contributed by atoms with van der Waals surface area (Å²) in [5, 5.41) is 0.248. The maximum atomic E-state index is 12.8. The summed E-state index contributed by atoms with van der Waals surface area (Å²) in [6, 6.07) is 3.99. The van der Waals surface area contributed by atoms with Gasteiger partial charge in [0.15, 0.2) is 0 Å². The molecule has 1 saturated heterocycles. The first-order valence-corrected chi connectivity index (χ1v) is 5.90. The molecular weight excluding hydrogens is 245 g/mol. The van der Waals surface area contributed by atoms with E-state index >= 15 is 0 Å². The topological polar surface area (TPSA) is 29.5 Å². The third kappa shape index (κ3) is 3.09. The van der Waals surface area contributed by atoms with Crippen molar-refractivity contribution in [2.24, 2.45) is 0 Å². The molecule has 3 nitrogen and oxygen atoms in total. The van der Waals surface area contributed by atoms with Gasteiger partial charge in [-0.05, 0) is 24.6 Å². The SMILES string of the molecule is O=C1CCCN1CCOc1ccc(F)cc1Cl. The molecule has 1 amide bonds. The molecule has 0 N–H and O–H groups in total. The number of halogens is 2. The number of carbonyl (C=O) groups excluding carboxylic acids is 1. The fourth-order valence-corrected chi connectivity index (χ4v) is 2.02. The molecule has 17 heavy (non-hydrogen) atoms. The first-order valence-electron chi connectivity index (χ1n) is 5.52. The van der Waals surface area contributed by atoms with Crippen LogP contribution in [0.4, 0.5) is 4.39 Å². The van der Waals surface area contributed by atoms with E-state index in [0.717, 1.165) is 13.0 Å². The molecule has 0 unspecified atom stereocenters. The zero-order valence-electron chi connectivity index (χ0n) is 9.29. The highest BCUT2D eigenvalue weighted by molar-refractivity contribution is 6.32. The highest BCUT2D eigenvalue weighted by Gasteiger charge is 2.19. The lowest BCUT2D eigenvalue weighted by molar-refractivity contribution is -0.128. The van der Waals surface area contributed by atoms with Crippen molar-refractivity contribution in [3.8, 4) is 5.75 Å². The molecule has 1 aliphatic rings. The molecule has 5 heteroatoms. The summed E-state index contributed by atoms with van der Waals surface area (Å²) >= 11 is 5.81. The summed E-state index contributed by atoms with van der Waals surface area (Å²) in [6.45, 7) is 1.71. The summed E-state index contributed by atoms with van der Waals surface area (Å²) < 4.78 is 18.2. The molecule has 1 fully saturated rings. The fourth-order valence-electron chi connectivity index (χ4n) is 1.80. The number of carbonyl (C=O) groups is 1. The van der Waals surface area contributed by atoms with Crippen molar-refractivity contribution in [2.45, 2.75) is 12.8 Å². The molecule has 1 aliphatic heterocycles. The van der Waals surface area contributed by atoms with E-state index in [1.807, 2.05) is 0 Å². The molecule has 1 aromatic carbocycles. The van der Waals surface area contributed by atoms with Crippen LogP contribution in [0.1, 0.15) is 12.8 Å². The van der Waals surface area contributed by atoms with E-state index in [1.165, 1.54) is 18.2 Å².